The van der Waals surface area contributed by atoms with Crippen LogP contribution in [0.15, 0.2) is 0 Å². The summed E-state index contributed by atoms with van der Waals surface area (Å²) in [5, 5.41) is 2.46. The number of nitrogens with one attached hydrogen (secondary N) is 1. The molecule has 2 atom stereocenters. The fourth-order valence-corrected chi connectivity index (χ4v) is 1.87. The van der Waals surface area contributed by atoms with E-state index < -0.39 is 29.8 Å². The molecule has 0 bridgehead atoms. The minimum atomic E-state index is -0.904. The monoisotopic (exact) mass is 285 g/mol. The molecule has 3 amide bonds. The Labute approximate surface area is 118 Å². The minimum absolute atomic E-state index is 0.327. The van der Waals surface area contributed by atoms with E-state index in [2.05, 4.69) is 5.32 Å². The Morgan fingerprint density at radius 3 is 2.15 bits per heavy atom. The summed E-state index contributed by atoms with van der Waals surface area (Å²) in [4.78, 5) is 46.7. The van der Waals surface area contributed by atoms with E-state index in [4.69, 9.17) is 5.73 Å². The van der Waals surface area contributed by atoms with E-state index in [9.17, 15) is 19.2 Å². The Kier molecular flexibility index (Phi) is 8.38. The van der Waals surface area contributed by atoms with Crippen molar-refractivity contribution >= 4 is 24.0 Å². The third kappa shape index (κ3) is 5.92. The third-order valence-corrected chi connectivity index (χ3v) is 2.80. The lowest BCUT2D eigenvalue weighted by Gasteiger charge is -2.28. The summed E-state index contributed by atoms with van der Waals surface area (Å²) in [6.07, 6.45) is 2.21. The van der Waals surface area contributed by atoms with Crippen LogP contribution in [0.5, 0.6) is 0 Å². The molecule has 0 aliphatic heterocycles. The molecular weight excluding hydrogens is 262 g/mol. The van der Waals surface area contributed by atoms with Crippen LogP contribution in [0, 0.1) is 0 Å². The van der Waals surface area contributed by atoms with Crippen LogP contribution < -0.4 is 11.1 Å². The number of aldehydes is 1. The highest BCUT2D eigenvalue weighted by Gasteiger charge is 2.31. The highest BCUT2D eigenvalue weighted by atomic mass is 16.2. The molecule has 3 N–H and O–H groups in total. The maximum Gasteiger partial charge on any atom is 0.243 e. The van der Waals surface area contributed by atoms with E-state index in [0.29, 0.717) is 32.1 Å². The molecule has 0 rings (SSSR count). The number of nitrogens with zero attached hydrogens (tertiary/aromatic N) is 1. The molecular formula is C13H23N3O4. The molecule has 20 heavy (non-hydrogen) atoms. The Balaban J connectivity index is 5.02. The normalized spacial score (nSPS) is 13.2. The highest BCUT2D eigenvalue weighted by Crippen LogP contribution is 2.11. The summed E-state index contributed by atoms with van der Waals surface area (Å²) in [7, 11) is 0. The number of hydrogen-bond acceptors (Lipinski definition) is 5. The molecule has 0 unspecified atom stereocenters. The van der Waals surface area contributed by atoms with E-state index in [-0.39, 0.29) is 0 Å². The number of hydrogen-bond donors (Lipinski definition) is 2. The summed E-state index contributed by atoms with van der Waals surface area (Å²) >= 11 is 0. The lowest BCUT2D eigenvalue weighted by molar-refractivity contribution is -0.150. The van der Waals surface area contributed by atoms with Gasteiger partial charge in [-0.1, -0.05) is 0 Å². The van der Waals surface area contributed by atoms with Gasteiger partial charge in [0, 0.05) is 13.8 Å². The van der Waals surface area contributed by atoms with Crippen LogP contribution in [0.25, 0.3) is 0 Å². The van der Waals surface area contributed by atoms with Gasteiger partial charge in [-0.2, -0.15) is 0 Å². The van der Waals surface area contributed by atoms with Crippen molar-refractivity contribution in [2.75, 3.05) is 6.54 Å². The molecule has 7 heteroatoms. The second kappa shape index (κ2) is 9.19. The number of unbranched alkanes of at least 4 members (excludes halogenated alkanes) is 1. The summed E-state index contributed by atoms with van der Waals surface area (Å²) in [5.74, 6) is -1.50. The van der Waals surface area contributed by atoms with Crippen molar-refractivity contribution in [2.45, 2.75) is 52.1 Å². The van der Waals surface area contributed by atoms with Crippen LogP contribution in [-0.2, 0) is 19.2 Å². The predicted octanol–water partition coefficient (Wildman–Crippen LogP) is -0.417. The van der Waals surface area contributed by atoms with Crippen molar-refractivity contribution in [1.82, 2.24) is 10.2 Å². The first-order valence-electron chi connectivity index (χ1n) is 6.61. The van der Waals surface area contributed by atoms with E-state index in [1.165, 1.54) is 20.8 Å². The van der Waals surface area contributed by atoms with Crippen molar-refractivity contribution in [3.8, 4) is 0 Å². The van der Waals surface area contributed by atoms with Crippen LogP contribution in [0.1, 0.15) is 40.0 Å². The number of amides is 3. The molecule has 0 aromatic carbocycles. The lowest BCUT2D eigenvalue weighted by atomic mass is 10.1. The van der Waals surface area contributed by atoms with Gasteiger partial charge in [0.2, 0.25) is 17.7 Å². The van der Waals surface area contributed by atoms with Crippen LogP contribution in [0.4, 0.5) is 0 Å². The van der Waals surface area contributed by atoms with Gasteiger partial charge in [0.05, 0.1) is 6.04 Å². The third-order valence-electron chi connectivity index (χ3n) is 2.80. The number of rotatable bonds is 8. The second-order valence-corrected chi connectivity index (χ2v) is 4.64. The van der Waals surface area contributed by atoms with Crippen molar-refractivity contribution in [3.05, 3.63) is 0 Å². The molecule has 0 aromatic rings. The van der Waals surface area contributed by atoms with Crippen molar-refractivity contribution < 1.29 is 19.2 Å². The van der Waals surface area contributed by atoms with E-state index in [1.807, 2.05) is 0 Å². The van der Waals surface area contributed by atoms with Gasteiger partial charge in [0.15, 0.2) is 0 Å². The zero-order chi connectivity index (χ0) is 15.7. The number of carbonyl (C=O) groups is 4. The van der Waals surface area contributed by atoms with E-state index >= 15 is 0 Å². The second-order valence-electron chi connectivity index (χ2n) is 4.64. The van der Waals surface area contributed by atoms with Crippen LogP contribution >= 0.6 is 0 Å². The van der Waals surface area contributed by atoms with Gasteiger partial charge in [-0.05, 0) is 32.7 Å². The minimum Gasteiger partial charge on any atom is -0.345 e. The average Bonchev–Trinajstić information content (AvgIpc) is 2.36. The zero-order valence-electron chi connectivity index (χ0n) is 12.2. The van der Waals surface area contributed by atoms with E-state index in [0.717, 1.165) is 4.90 Å². The molecule has 7 nitrogen and oxygen atoms in total. The van der Waals surface area contributed by atoms with Gasteiger partial charge in [-0.15, -0.1) is 0 Å². The predicted molar refractivity (Wildman–Crippen MR) is 73.6 cm³/mol. The molecule has 0 saturated heterocycles. The standard InChI is InChI=1S/C13H23N3O4/c1-9(8-17)15-13(20)12(6-4-5-7-14)16(10(2)18)11(3)19/h8-9,12H,4-7,14H2,1-3H3,(H,15,20)/t9-,12+/m1/s1. The lowest BCUT2D eigenvalue weighted by Crippen LogP contribution is -2.52. The summed E-state index contributed by atoms with van der Waals surface area (Å²) < 4.78 is 0. The maximum atomic E-state index is 12.1. The number of imide groups is 1. The van der Waals surface area contributed by atoms with Crippen LogP contribution in [0.2, 0.25) is 0 Å². The molecule has 0 aliphatic carbocycles. The van der Waals surface area contributed by atoms with Crippen LogP contribution in [0.3, 0.4) is 0 Å². The molecule has 0 saturated carbocycles. The Morgan fingerprint density at radius 2 is 1.75 bits per heavy atom. The molecule has 0 aliphatic rings. The van der Waals surface area contributed by atoms with Crippen molar-refractivity contribution in [1.29, 1.82) is 0 Å². The first-order chi connectivity index (χ1) is 9.34. The topological polar surface area (TPSA) is 110 Å². The Morgan fingerprint density at radius 1 is 1.20 bits per heavy atom. The molecule has 0 fully saturated rings. The van der Waals surface area contributed by atoms with Gasteiger partial charge in [0.25, 0.3) is 0 Å². The fourth-order valence-electron chi connectivity index (χ4n) is 1.87. The van der Waals surface area contributed by atoms with Crippen molar-refractivity contribution in [2.24, 2.45) is 5.73 Å². The van der Waals surface area contributed by atoms with Crippen LogP contribution in [-0.4, -0.2) is 47.5 Å². The summed E-state index contributed by atoms with van der Waals surface area (Å²) in [6, 6.07) is -1.57. The fraction of sp³-hybridized carbons (Fsp3) is 0.692. The molecule has 0 aromatic heterocycles. The summed E-state index contributed by atoms with van der Waals surface area (Å²) in [6.45, 7) is 4.45. The van der Waals surface area contributed by atoms with E-state index in [1.54, 1.807) is 0 Å². The highest BCUT2D eigenvalue weighted by molar-refractivity contribution is 5.99. The largest absolute Gasteiger partial charge is 0.345 e. The zero-order valence-corrected chi connectivity index (χ0v) is 12.2. The maximum absolute atomic E-state index is 12.1. The SMILES string of the molecule is CC(=O)N(C(C)=O)[C@@H](CCCCN)C(=O)N[C@H](C)C=O. The molecule has 0 heterocycles. The first kappa shape index (κ1) is 18.2. The first-order valence-corrected chi connectivity index (χ1v) is 6.61. The van der Waals surface area contributed by atoms with Gasteiger partial charge >= 0.3 is 0 Å². The quantitative estimate of drug-likeness (QED) is 0.465. The van der Waals surface area contributed by atoms with Gasteiger partial charge in [0.1, 0.15) is 12.3 Å². The number of carbonyl (C=O) groups excluding carboxylic acids is 4. The molecule has 0 radical (unpaired) electrons. The van der Waals surface area contributed by atoms with Crippen molar-refractivity contribution in [3.63, 3.8) is 0 Å². The summed E-state index contributed by atoms with van der Waals surface area (Å²) in [5.41, 5.74) is 5.39. The molecule has 114 valence electrons. The molecule has 0 spiro atoms. The Hall–Kier alpha value is -1.76. The average molecular weight is 285 g/mol. The number of nitrogens with two attached hydrogens (primary N) is 1. The van der Waals surface area contributed by atoms with Gasteiger partial charge in [-0.25, -0.2) is 0 Å². The van der Waals surface area contributed by atoms with Gasteiger partial charge in [-0.3, -0.25) is 19.3 Å². The Bertz CT molecular complexity index is 357. The van der Waals surface area contributed by atoms with Gasteiger partial charge < -0.3 is 15.8 Å². The smallest absolute Gasteiger partial charge is 0.243 e.